The average Bonchev–Trinajstić information content (AvgIpc) is 3.19. The van der Waals surface area contributed by atoms with Gasteiger partial charge in [-0.3, -0.25) is 4.79 Å². The third kappa shape index (κ3) is 5.67. The molecule has 0 atom stereocenters. The third-order valence-corrected chi connectivity index (χ3v) is 5.68. The van der Waals surface area contributed by atoms with Gasteiger partial charge in [0.2, 0.25) is 0 Å². The maximum atomic E-state index is 12.5. The highest BCUT2D eigenvalue weighted by Crippen LogP contribution is 2.31. The predicted octanol–water partition coefficient (Wildman–Crippen LogP) is 5.17. The Morgan fingerprint density at radius 2 is 2.00 bits per heavy atom. The second-order valence-electron chi connectivity index (χ2n) is 6.40. The van der Waals surface area contributed by atoms with Gasteiger partial charge in [-0.25, -0.2) is 9.97 Å². The number of aromatic nitrogens is 2. The first kappa shape index (κ1) is 19.1. The largest absolute Gasteiger partial charge is 0.351 e. The molecule has 0 fully saturated rings. The topological polar surface area (TPSA) is 54.9 Å². The Bertz CT molecular complexity index is 620. The minimum absolute atomic E-state index is 0.0415. The molecular formula is C18H27N3OS2. The average molecular weight is 366 g/mol. The quantitative estimate of drug-likeness (QED) is 0.591. The standard InChI is InChI=1S/C18H27N3OS2/c1-4-5-6-7-8-9-19-16(22)15-14(12-13(2)3)24-18(21-15)17-20-10-11-23-17/h10-11,13H,4-9,12H2,1-3H3,(H,19,22). The van der Waals surface area contributed by atoms with Crippen LogP contribution in [-0.4, -0.2) is 22.4 Å². The van der Waals surface area contributed by atoms with E-state index in [9.17, 15) is 4.79 Å². The molecule has 0 bridgehead atoms. The van der Waals surface area contributed by atoms with Gasteiger partial charge >= 0.3 is 0 Å². The SMILES string of the molecule is CCCCCCCNC(=O)c1nc(-c2nccs2)sc1CC(C)C. The molecule has 0 radical (unpaired) electrons. The molecule has 0 aliphatic heterocycles. The fraction of sp³-hybridized carbons (Fsp3) is 0.611. The van der Waals surface area contributed by atoms with Crippen molar-refractivity contribution in [2.75, 3.05) is 6.54 Å². The number of hydrogen-bond donors (Lipinski definition) is 1. The Kier molecular flexibility index (Phi) is 7.85. The highest BCUT2D eigenvalue weighted by molar-refractivity contribution is 7.20. The van der Waals surface area contributed by atoms with E-state index in [0.717, 1.165) is 34.3 Å². The summed E-state index contributed by atoms with van der Waals surface area (Å²) in [6.45, 7) is 7.27. The molecule has 2 aromatic heterocycles. The Morgan fingerprint density at radius 1 is 1.21 bits per heavy atom. The van der Waals surface area contributed by atoms with E-state index in [1.54, 1.807) is 28.9 Å². The molecule has 1 N–H and O–H groups in total. The summed E-state index contributed by atoms with van der Waals surface area (Å²) in [6, 6.07) is 0. The van der Waals surface area contributed by atoms with Crippen molar-refractivity contribution in [2.24, 2.45) is 5.92 Å². The van der Waals surface area contributed by atoms with Crippen molar-refractivity contribution < 1.29 is 4.79 Å². The maximum absolute atomic E-state index is 12.5. The van der Waals surface area contributed by atoms with E-state index in [4.69, 9.17) is 0 Å². The molecule has 132 valence electrons. The van der Waals surface area contributed by atoms with Crippen LogP contribution in [0.15, 0.2) is 11.6 Å². The summed E-state index contributed by atoms with van der Waals surface area (Å²) in [4.78, 5) is 22.5. The minimum Gasteiger partial charge on any atom is -0.351 e. The molecule has 0 saturated carbocycles. The van der Waals surface area contributed by atoms with Gasteiger partial charge in [0.25, 0.3) is 5.91 Å². The Morgan fingerprint density at radius 3 is 2.67 bits per heavy atom. The van der Waals surface area contributed by atoms with E-state index in [0.29, 0.717) is 11.6 Å². The number of unbranched alkanes of at least 4 members (excludes halogenated alkanes) is 4. The van der Waals surface area contributed by atoms with Gasteiger partial charge < -0.3 is 5.32 Å². The molecule has 1 amide bonds. The summed E-state index contributed by atoms with van der Waals surface area (Å²) >= 11 is 3.16. The van der Waals surface area contributed by atoms with Crippen molar-refractivity contribution in [1.29, 1.82) is 0 Å². The van der Waals surface area contributed by atoms with Gasteiger partial charge in [0, 0.05) is 23.0 Å². The van der Waals surface area contributed by atoms with Gasteiger partial charge in [0.1, 0.15) is 5.69 Å². The van der Waals surface area contributed by atoms with Crippen LogP contribution in [0.4, 0.5) is 0 Å². The highest BCUT2D eigenvalue weighted by Gasteiger charge is 2.20. The third-order valence-electron chi connectivity index (χ3n) is 3.69. The molecule has 4 nitrogen and oxygen atoms in total. The highest BCUT2D eigenvalue weighted by atomic mass is 32.1. The van der Waals surface area contributed by atoms with Crippen LogP contribution in [0.3, 0.4) is 0 Å². The zero-order valence-electron chi connectivity index (χ0n) is 14.8. The number of carbonyl (C=O) groups is 1. The van der Waals surface area contributed by atoms with Gasteiger partial charge in [-0.2, -0.15) is 0 Å². The first-order valence-electron chi connectivity index (χ1n) is 8.79. The molecule has 2 aromatic rings. The normalized spacial score (nSPS) is 11.2. The molecular weight excluding hydrogens is 338 g/mol. The first-order valence-corrected chi connectivity index (χ1v) is 10.5. The van der Waals surface area contributed by atoms with Crippen LogP contribution in [-0.2, 0) is 6.42 Å². The number of hydrogen-bond acceptors (Lipinski definition) is 5. The smallest absolute Gasteiger partial charge is 0.271 e. The number of rotatable bonds is 10. The second-order valence-corrected chi connectivity index (χ2v) is 8.37. The van der Waals surface area contributed by atoms with Gasteiger partial charge in [-0.1, -0.05) is 46.5 Å². The summed E-state index contributed by atoms with van der Waals surface area (Å²) < 4.78 is 0. The second kappa shape index (κ2) is 9.89. The van der Waals surface area contributed by atoms with E-state index in [1.807, 2.05) is 5.38 Å². The lowest BCUT2D eigenvalue weighted by Crippen LogP contribution is -2.25. The first-order chi connectivity index (χ1) is 11.6. The summed E-state index contributed by atoms with van der Waals surface area (Å²) in [5, 5.41) is 6.72. The van der Waals surface area contributed by atoms with Crippen molar-refractivity contribution >= 4 is 28.6 Å². The lowest BCUT2D eigenvalue weighted by molar-refractivity contribution is 0.0947. The molecule has 2 rings (SSSR count). The van der Waals surface area contributed by atoms with Crippen molar-refractivity contribution in [1.82, 2.24) is 15.3 Å². The van der Waals surface area contributed by atoms with Crippen LogP contribution in [0.5, 0.6) is 0 Å². The molecule has 0 saturated heterocycles. The van der Waals surface area contributed by atoms with Crippen LogP contribution in [0, 0.1) is 5.92 Å². The molecule has 24 heavy (non-hydrogen) atoms. The summed E-state index contributed by atoms with van der Waals surface area (Å²) in [7, 11) is 0. The van der Waals surface area contributed by atoms with E-state index in [1.165, 1.54) is 25.7 Å². The van der Waals surface area contributed by atoms with Crippen LogP contribution in [0.2, 0.25) is 0 Å². The minimum atomic E-state index is -0.0415. The molecule has 0 unspecified atom stereocenters. The maximum Gasteiger partial charge on any atom is 0.271 e. The van der Waals surface area contributed by atoms with E-state index >= 15 is 0 Å². The number of carbonyl (C=O) groups excluding carboxylic acids is 1. The van der Waals surface area contributed by atoms with Crippen molar-refractivity contribution in [2.45, 2.75) is 59.3 Å². The number of nitrogens with one attached hydrogen (secondary N) is 1. The number of thiazole rings is 2. The van der Waals surface area contributed by atoms with Crippen molar-refractivity contribution in [3.05, 3.63) is 22.1 Å². The Labute approximate surface area is 152 Å². The van der Waals surface area contributed by atoms with E-state index in [2.05, 4.69) is 36.1 Å². The zero-order chi connectivity index (χ0) is 17.4. The van der Waals surface area contributed by atoms with Gasteiger partial charge in [0.15, 0.2) is 10.0 Å². The fourth-order valence-corrected chi connectivity index (χ4v) is 4.42. The van der Waals surface area contributed by atoms with Gasteiger partial charge in [0.05, 0.1) is 0 Å². The fourth-order valence-electron chi connectivity index (χ4n) is 2.47. The molecule has 0 aliphatic carbocycles. The summed E-state index contributed by atoms with van der Waals surface area (Å²) in [5.41, 5.74) is 0.590. The lowest BCUT2D eigenvalue weighted by Gasteiger charge is -2.06. The predicted molar refractivity (Wildman–Crippen MR) is 103 cm³/mol. The van der Waals surface area contributed by atoms with Gasteiger partial charge in [-0.15, -0.1) is 22.7 Å². The lowest BCUT2D eigenvalue weighted by atomic mass is 10.1. The van der Waals surface area contributed by atoms with Crippen LogP contribution < -0.4 is 5.32 Å². The number of nitrogens with zero attached hydrogens (tertiary/aromatic N) is 2. The van der Waals surface area contributed by atoms with Crippen LogP contribution >= 0.6 is 22.7 Å². The monoisotopic (exact) mass is 365 g/mol. The van der Waals surface area contributed by atoms with Crippen LogP contribution in [0.25, 0.3) is 10.0 Å². The van der Waals surface area contributed by atoms with E-state index in [-0.39, 0.29) is 5.91 Å². The Balaban J connectivity index is 2.00. The Hall–Kier alpha value is -1.27. The number of amides is 1. The molecule has 0 aliphatic rings. The van der Waals surface area contributed by atoms with Gasteiger partial charge in [-0.05, 0) is 18.8 Å². The molecule has 2 heterocycles. The molecule has 6 heteroatoms. The van der Waals surface area contributed by atoms with E-state index < -0.39 is 0 Å². The summed E-state index contributed by atoms with van der Waals surface area (Å²) in [6.07, 6.45) is 8.62. The molecule has 0 spiro atoms. The van der Waals surface area contributed by atoms with Crippen LogP contribution in [0.1, 0.15) is 68.2 Å². The summed E-state index contributed by atoms with van der Waals surface area (Å²) in [5.74, 6) is 0.454. The van der Waals surface area contributed by atoms with Crippen molar-refractivity contribution in [3.63, 3.8) is 0 Å². The van der Waals surface area contributed by atoms with Crippen molar-refractivity contribution in [3.8, 4) is 10.0 Å². The zero-order valence-corrected chi connectivity index (χ0v) is 16.4. The molecule has 0 aromatic carbocycles.